The first-order valence-electron chi connectivity index (χ1n) is 6.28. The molecule has 0 aliphatic carbocycles. The van der Waals surface area contributed by atoms with Crippen LogP contribution in [-0.2, 0) is 0 Å². The number of unbranched alkanes of at least 4 members (excludes halogenated alkanes) is 2. The summed E-state index contributed by atoms with van der Waals surface area (Å²) >= 11 is 5.79. The van der Waals surface area contributed by atoms with Crippen molar-refractivity contribution in [3.05, 3.63) is 29.3 Å². The van der Waals surface area contributed by atoms with Gasteiger partial charge in [-0.3, -0.25) is 4.99 Å². The Balaban J connectivity index is 2.49. The summed E-state index contributed by atoms with van der Waals surface area (Å²) < 4.78 is 0. The van der Waals surface area contributed by atoms with Crippen molar-refractivity contribution in [1.29, 1.82) is 0 Å². The topological polar surface area (TPSA) is 88.8 Å². The predicted octanol–water partition coefficient (Wildman–Crippen LogP) is 2.57. The summed E-state index contributed by atoms with van der Waals surface area (Å²) in [4.78, 5) is 8.09. The summed E-state index contributed by atoms with van der Waals surface area (Å²) in [7, 11) is 0. The van der Waals surface area contributed by atoms with Gasteiger partial charge in [0.15, 0.2) is 0 Å². The average Bonchev–Trinajstić information content (AvgIpc) is 2.37. The average molecular weight is 282 g/mol. The van der Waals surface area contributed by atoms with E-state index in [1.165, 1.54) is 0 Å². The number of halogens is 1. The van der Waals surface area contributed by atoms with Gasteiger partial charge in [-0.15, -0.1) is 0 Å². The van der Waals surface area contributed by atoms with Crippen LogP contribution in [0.4, 0.5) is 5.69 Å². The van der Waals surface area contributed by atoms with Gasteiger partial charge in [0.1, 0.15) is 0 Å². The molecule has 0 radical (unpaired) electrons. The maximum absolute atomic E-state index is 5.79. The zero-order chi connectivity index (χ0) is 14.1. The summed E-state index contributed by atoms with van der Waals surface area (Å²) in [5.41, 5.74) is 12.2. The van der Waals surface area contributed by atoms with E-state index in [4.69, 9.17) is 23.1 Å². The first kappa shape index (κ1) is 15.3. The molecule has 0 unspecified atom stereocenters. The first-order chi connectivity index (χ1) is 9.11. The summed E-state index contributed by atoms with van der Waals surface area (Å²) in [5.74, 6) is 0.397. The van der Waals surface area contributed by atoms with Crippen molar-refractivity contribution in [2.45, 2.75) is 26.2 Å². The number of nitrogens with zero attached hydrogens (tertiary/aromatic N) is 2. The van der Waals surface area contributed by atoms with E-state index < -0.39 is 0 Å². The number of anilines is 1. The molecule has 0 saturated carbocycles. The zero-order valence-corrected chi connectivity index (χ0v) is 11.8. The van der Waals surface area contributed by atoms with Crippen LogP contribution in [-0.4, -0.2) is 18.5 Å². The quantitative estimate of drug-likeness (QED) is 0.440. The molecule has 1 aromatic carbocycles. The standard InChI is InChI=1S/C13H20ClN5/c1-2-3-4-9-17-12(15)19-13(16)18-11-7-5-10(14)6-8-11/h5-8H,2-4,9H2,1H3,(H5,15,16,17,18,19). The third-order valence-corrected chi connectivity index (χ3v) is 2.64. The Labute approximate surface area is 118 Å². The molecule has 0 aliphatic rings. The van der Waals surface area contributed by atoms with Crippen molar-refractivity contribution in [1.82, 2.24) is 0 Å². The van der Waals surface area contributed by atoms with Crippen LogP contribution in [0.25, 0.3) is 0 Å². The highest BCUT2D eigenvalue weighted by Crippen LogP contribution is 2.12. The second-order valence-electron chi connectivity index (χ2n) is 4.08. The van der Waals surface area contributed by atoms with E-state index in [0.29, 0.717) is 11.6 Å². The first-order valence-corrected chi connectivity index (χ1v) is 6.66. The molecular weight excluding hydrogens is 262 g/mol. The van der Waals surface area contributed by atoms with Crippen molar-refractivity contribution >= 4 is 29.2 Å². The van der Waals surface area contributed by atoms with Crippen molar-refractivity contribution in [3.8, 4) is 0 Å². The number of hydrogen-bond acceptors (Lipinski definition) is 1. The molecule has 19 heavy (non-hydrogen) atoms. The summed E-state index contributed by atoms with van der Waals surface area (Å²) in [6.45, 7) is 2.82. The van der Waals surface area contributed by atoms with Gasteiger partial charge in [0, 0.05) is 17.3 Å². The van der Waals surface area contributed by atoms with Crippen LogP contribution in [0.3, 0.4) is 0 Å². The molecule has 0 spiro atoms. The zero-order valence-electron chi connectivity index (χ0n) is 11.1. The van der Waals surface area contributed by atoms with Crippen molar-refractivity contribution in [2.75, 3.05) is 11.9 Å². The lowest BCUT2D eigenvalue weighted by Crippen LogP contribution is -2.26. The maximum atomic E-state index is 5.79. The van der Waals surface area contributed by atoms with Crippen LogP contribution in [0, 0.1) is 0 Å². The lowest BCUT2D eigenvalue weighted by Gasteiger charge is -2.05. The fraction of sp³-hybridized carbons (Fsp3) is 0.385. The highest BCUT2D eigenvalue weighted by atomic mass is 35.5. The minimum Gasteiger partial charge on any atom is -0.369 e. The Morgan fingerprint density at radius 1 is 1.21 bits per heavy atom. The molecule has 0 heterocycles. The molecular formula is C13H20ClN5. The van der Waals surface area contributed by atoms with Crippen LogP contribution >= 0.6 is 11.6 Å². The molecule has 0 amide bonds. The molecule has 6 heteroatoms. The molecule has 0 bridgehead atoms. The number of rotatable bonds is 5. The number of nitrogens with one attached hydrogen (secondary N) is 1. The Bertz CT molecular complexity index is 439. The highest BCUT2D eigenvalue weighted by Gasteiger charge is 1.96. The normalized spacial score (nSPS) is 12.5. The van der Waals surface area contributed by atoms with Crippen LogP contribution in [0.15, 0.2) is 34.3 Å². The van der Waals surface area contributed by atoms with Crippen molar-refractivity contribution in [3.63, 3.8) is 0 Å². The molecule has 5 N–H and O–H groups in total. The Kier molecular flexibility index (Phi) is 6.74. The summed E-state index contributed by atoms with van der Waals surface area (Å²) in [5, 5.41) is 3.57. The van der Waals surface area contributed by atoms with Gasteiger partial charge in [-0.2, -0.15) is 4.99 Å². The largest absolute Gasteiger partial charge is 0.369 e. The van der Waals surface area contributed by atoms with Gasteiger partial charge < -0.3 is 16.8 Å². The van der Waals surface area contributed by atoms with E-state index in [1.54, 1.807) is 24.3 Å². The molecule has 0 atom stereocenters. The number of benzene rings is 1. The summed E-state index contributed by atoms with van der Waals surface area (Å²) in [6.07, 6.45) is 3.30. The van der Waals surface area contributed by atoms with Gasteiger partial charge >= 0.3 is 0 Å². The van der Waals surface area contributed by atoms with Crippen molar-refractivity contribution in [2.24, 2.45) is 21.5 Å². The molecule has 0 fully saturated rings. The van der Waals surface area contributed by atoms with E-state index in [9.17, 15) is 0 Å². The number of hydrogen-bond donors (Lipinski definition) is 3. The molecule has 5 nitrogen and oxygen atoms in total. The number of aliphatic imine (C=N–C) groups is 2. The van der Waals surface area contributed by atoms with Gasteiger partial charge in [0.2, 0.25) is 11.9 Å². The van der Waals surface area contributed by atoms with E-state index >= 15 is 0 Å². The van der Waals surface area contributed by atoms with E-state index in [2.05, 4.69) is 22.2 Å². The predicted molar refractivity (Wildman–Crippen MR) is 82.7 cm³/mol. The Morgan fingerprint density at radius 2 is 1.89 bits per heavy atom. The molecule has 0 saturated heterocycles. The molecule has 1 aromatic rings. The van der Waals surface area contributed by atoms with Gasteiger partial charge in [-0.05, 0) is 30.7 Å². The molecule has 1 rings (SSSR count). The van der Waals surface area contributed by atoms with E-state index in [-0.39, 0.29) is 11.9 Å². The van der Waals surface area contributed by atoms with Gasteiger partial charge in [0.05, 0.1) is 0 Å². The maximum Gasteiger partial charge on any atom is 0.218 e. The fourth-order valence-electron chi connectivity index (χ4n) is 1.42. The second-order valence-corrected chi connectivity index (χ2v) is 4.51. The SMILES string of the molecule is CCCCCN=C(N)/N=C(\N)Nc1ccc(Cl)cc1. The summed E-state index contributed by atoms with van der Waals surface area (Å²) in [6, 6.07) is 7.14. The third kappa shape index (κ3) is 6.67. The fourth-order valence-corrected chi connectivity index (χ4v) is 1.55. The van der Waals surface area contributed by atoms with E-state index in [1.807, 2.05) is 0 Å². The van der Waals surface area contributed by atoms with Crippen LogP contribution < -0.4 is 16.8 Å². The van der Waals surface area contributed by atoms with Gasteiger partial charge in [-0.25, -0.2) is 0 Å². The van der Waals surface area contributed by atoms with Crippen LogP contribution in [0.5, 0.6) is 0 Å². The minimum absolute atomic E-state index is 0.190. The minimum atomic E-state index is 0.190. The molecule has 104 valence electrons. The molecule has 0 aliphatic heterocycles. The van der Waals surface area contributed by atoms with Gasteiger partial charge in [0.25, 0.3) is 0 Å². The molecule has 0 aromatic heterocycles. The highest BCUT2D eigenvalue weighted by molar-refractivity contribution is 6.30. The Morgan fingerprint density at radius 3 is 2.53 bits per heavy atom. The monoisotopic (exact) mass is 281 g/mol. The lowest BCUT2D eigenvalue weighted by molar-refractivity contribution is 0.727. The second kappa shape index (κ2) is 8.37. The number of nitrogens with two attached hydrogens (primary N) is 2. The smallest absolute Gasteiger partial charge is 0.218 e. The van der Waals surface area contributed by atoms with Crippen molar-refractivity contribution < 1.29 is 0 Å². The van der Waals surface area contributed by atoms with Gasteiger partial charge in [-0.1, -0.05) is 31.4 Å². The number of guanidine groups is 2. The van der Waals surface area contributed by atoms with Crippen LogP contribution in [0.2, 0.25) is 5.02 Å². The lowest BCUT2D eigenvalue weighted by atomic mass is 10.2. The van der Waals surface area contributed by atoms with E-state index in [0.717, 1.165) is 24.9 Å². The van der Waals surface area contributed by atoms with Crippen LogP contribution in [0.1, 0.15) is 26.2 Å². The Hall–Kier alpha value is -1.75. The third-order valence-electron chi connectivity index (χ3n) is 2.39.